The van der Waals surface area contributed by atoms with E-state index in [0.717, 1.165) is 13.0 Å². The van der Waals surface area contributed by atoms with Crippen LogP contribution in [0.5, 0.6) is 5.75 Å². The highest BCUT2D eigenvalue weighted by Gasteiger charge is 2.21. The molecule has 0 radical (unpaired) electrons. The highest BCUT2D eigenvalue weighted by atomic mass is 35.5. The molecule has 7 nitrogen and oxygen atoms in total. The zero-order valence-corrected chi connectivity index (χ0v) is 16.5. The minimum Gasteiger partial charge on any atom is -0.495 e. The lowest BCUT2D eigenvalue weighted by Crippen LogP contribution is -2.38. The first-order chi connectivity index (χ1) is 13.6. The van der Waals surface area contributed by atoms with Gasteiger partial charge in [-0.2, -0.15) is 0 Å². The van der Waals surface area contributed by atoms with Gasteiger partial charge in [-0.3, -0.25) is 19.5 Å². The Hall–Kier alpha value is -2.64. The molecule has 2 aromatic rings. The summed E-state index contributed by atoms with van der Waals surface area (Å²) in [5.74, 6) is 0.412. The molecule has 1 fully saturated rings. The van der Waals surface area contributed by atoms with Crippen molar-refractivity contribution in [3.8, 4) is 5.75 Å². The molecule has 28 heavy (non-hydrogen) atoms. The molecular weight excluding hydrogens is 380 g/mol. The Morgan fingerprint density at radius 1 is 1.14 bits per heavy atom. The Kier molecular flexibility index (Phi) is 6.84. The third-order valence-electron chi connectivity index (χ3n) is 4.61. The van der Waals surface area contributed by atoms with Crippen molar-refractivity contribution in [2.24, 2.45) is 0 Å². The molecule has 0 atom stereocenters. The zero-order valence-electron chi connectivity index (χ0n) is 15.7. The van der Waals surface area contributed by atoms with Gasteiger partial charge >= 0.3 is 0 Å². The van der Waals surface area contributed by atoms with E-state index in [1.54, 1.807) is 49.8 Å². The van der Waals surface area contributed by atoms with Crippen LogP contribution in [0.3, 0.4) is 0 Å². The molecule has 8 heteroatoms. The molecule has 148 valence electrons. The average Bonchev–Trinajstić information content (AvgIpc) is 2.94. The molecule has 1 aliphatic rings. The Labute approximate surface area is 169 Å². The van der Waals surface area contributed by atoms with Gasteiger partial charge in [0.1, 0.15) is 5.75 Å². The molecular formula is C20H23ClN4O3. The van der Waals surface area contributed by atoms with Crippen molar-refractivity contribution >= 4 is 29.1 Å². The largest absolute Gasteiger partial charge is 0.495 e. The maximum Gasteiger partial charge on any atom is 0.254 e. The molecule has 0 spiro atoms. The number of ether oxygens (including phenoxy) is 1. The summed E-state index contributed by atoms with van der Waals surface area (Å²) in [4.78, 5) is 32.9. The lowest BCUT2D eigenvalue weighted by Gasteiger charge is -2.22. The number of anilines is 1. The van der Waals surface area contributed by atoms with E-state index in [0.29, 0.717) is 41.7 Å². The van der Waals surface area contributed by atoms with Crippen molar-refractivity contribution in [3.63, 3.8) is 0 Å². The molecule has 1 aliphatic heterocycles. The van der Waals surface area contributed by atoms with Crippen LogP contribution < -0.4 is 10.1 Å². The van der Waals surface area contributed by atoms with Crippen molar-refractivity contribution in [1.29, 1.82) is 0 Å². The first-order valence-corrected chi connectivity index (χ1v) is 9.49. The van der Waals surface area contributed by atoms with Gasteiger partial charge in [0.15, 0.2) is 0 Å². The fourth-order valence-corrected chi connectivity index (χ4v) is 3.35. The fraction of sp³-hybridized carbons (Fsp3) is 0.350. The number of pyridine rings is 1. The number of carbonyl (C=O) groups is 2. The standard InChI is InChI=1S/C20H23ClN4O3/c1-28-18-4-3-16(21)13-17(18)23-19(26)14-24-9-2-10-25(12-11-24)20(27)15-5-7-22-8-6-15/h3-8,13H,2,9-12,14H2,1H3,(H,23,26). The number of aromatic nitrogens is 1. The van der Waals surface area contributed by atoms with E-state index in [9.17, 15) is 9.59 Å². The van der Waals surface area contributed by atoms with Gasteiger partial charge in [-0.05, 0) is 36.8 Å². The van der Waals surface area contributed by atoms with Gasteiger partial charge in [-0.1, -0.05) is 11.6 Å². The number of hydrogen-bond donors (Lipinski definition) is 1. The molecule has 1 aromatic heterocycles. The zero-order chi connectivity index (χ0) is 19.9. The molecule has 1 aromatic carbocycles. The van der Waals surface area contributed by atoms with Crippen LogP contribution in [0.15, 0.2) is 42.7 Å². The highest BCUT2D eigenvalue weighted by molar-refractivity contribution is 6.31. The first-order valence-electron chi connectivity index (χ1n) is 9.12. The maximum atomic E-state index is 12.6. The Balaban J connectivity index is 1.55. The molecule has 0 unspecified atom stereocenters. The van der Waals surface area contributed by atoms with Crippen LogP contribution >= 0.6 is 11.6 Å². The fourth-order valence-electron chi connectivity index (χ4n) is 3.18. The van der Waals surface area contributed by atoms with Crippen LogP contribution in [0.1, 0.15) is 16.8 Å². The van der Waals surface area contributed by atoms with Crippen LogP contribution in [0.4, 0.5) is 5.69 Å². The van der Waals surface area contributed by atoms with E-state index >= 15 is 0 Å². The summed E-state index contributed by atoms with van der Waals surface area (Å²) in [6.45, 7) is 2.88. The van der Waals surface area contributed by atoms with Crippen molar-refractivity contribution in [2.45, 2.75) is 6.42 Å². The number of halogens is 1. The third kappa shape index (κ3) is 5.21. The third-order valence-corrected chi connectivity index (χ3v) is 4.84. The minimum absolute atomic E-state index is 0.00244. The van der Waals surface area contributed by atoms with Crippen LogP contribution in [0, 0.1) is 0 Å². The summed E-state index contributed by atoms with van der Waals surface area (Å²) < 4.78 is 5.26. The minimum atomic E-state index is -0.144. The molecule has 1 saturated heterocycles. The van der Waals surface area contributed by atoms with Gasteiger partial charge in [-0.15, -0.1) is 0 Å². The highest BCUT2D eigenvalue weighted by Crippen LogP contribution is 2.27. The predicted octanol–water partition coefficient (Wildman–Crippen LogP) is 2.53. The van der Waals surface area contributed by atoms with Crippen LogP contribution in [-0.4, -0.2) is 66.4 Å². The van der Waals surface area contributed by atoms with E-state index < -0.39 is 0 Å². The van der Waals surface area contributed by atoms with E-state index in [1.807, 2.05) is 9.80 Å². The second-order valence-electron chi connectivity index (χ2n) is 6.55. The number of methoxy groups -OCH3 is 1. The smallest absolute Gasteiger partial charge is 0.254 e. The van der Waals surface area contributed by atoms with E-state index in [4.69, 9.17) is 16.3 Å². The summed E-state index contributed by atoms with van der Waals surface area (Å²) >= 11 is 6.01. The summed E-state index contributed by atoms with van der Waals surface area (Å²) in [5.41, 5.74) is 1.18. The monoisotopic (exact) mass is 402 g/mol. The predicted molar refractivity (Wildman–Crippen MR) is 108 cm³/mol. The van der Waals surface area contributed by atoms with Crippen LogP contribution in [0.25, 0.3) is 0 Å². The van der Waals surface area contributed by atoms with Crippen molar-refractivity contribution in [2.75, 3.05) is 45.2 Å². The van der Waals surface area contributed by atoms with E-state index in [2.05, 4.69) is 10.3 Å². The SMILES string of the molecule is COc1ccc(Cl)cc1NC(=O)CN1CCCN(C(=O)c2ccncc2)CC1. The second-order valence-corrected chi connectivity index (χ2v) is 6.99. The molecule has 0 saturated carbocycles. The van der Waals surface area contributed by atoms with E-state index in [1.165, 1.54) is 0 Å². The number of rotatable bonds is 5. The van der Waals surface area contributed by atoms with Gasteiger partial charge in [0.25, 0.3) is 5.91 Å². The molecule has 0 bridgehead atoms. The van der Waals surface area contributed by atoms with Crippen LogP contribution in [0.2, 0.25) is 5.02 Å². The molecule has 2 amide bonds. The Morgan fingerprint density at radius 2 is 1.93 bits per heavy atom. The summed E-state index contributed by atoms with van der Waals surface area (Å²) in [7, 11) is 1.54. The Morgan fingerprint density at radius 3 is 2.68 bits per heavy atom. The van der Waals surface area contributed by atoms with Gasteiger partial charge in [0, 0.05) is 49.2 Å². The second kappa shape index (κ2) is 9.52. The number of nitrogens with one attached hydrogen (secondary N) is 1. The number of hydrogen-bond acceptors (Lipinski definition) is 5. The summed E-state index contributed by atoms with van der Waals surface area (Å²) in [5, 5.41) is 3.38. The van der Waals surface area contributed by atoms with Gasteiger partial charge in [0.05, 0.1) is 19.3 Å². The number of benzene rings is 1. The van der Waals surface area contributed by atoms with Crippen molar-refractivity contribution in [1.82, 2.24) is 14.8 Å². The van der Waals surface area contributed by atoms with Crippen molar-refractivity contribution < 1.29 is 14.3 Å². The maximum absolute atomic E-state index is 12.6. The normalized spacial score (nSPS) is 15.0. The van der Waals surface area contributed by atoms with Crippen molar-refractivity contribution in [3.05, 3.63) is 53.3 Å². The first kappa shape index (κ1) is 20.1. The summed E-state index contributed by atoms with van der Waals surface area (Å²) in [6.07, 6.45) is 4.04. The molecule has 2 heterocycles. The number of amides is 2. The van der Waals surface area contributed by atoms with Crippen LogP contribution in [-0.2, 0) is 4.79 Å². The average molecular weight is 403 g/mol. The summed E-state index contributed by atoms with van der Waals surface area (Å²) in [6, 6.07) is 8.52. The lowest BCUT2D eigenvalue weighted by molar-refractivity contribution is -0.117. The quantitative estimate of drug-likeness (QED) is 0.831. The Bertz CT molecular complexity index is 831. The molecule has 3 rings (SSSR count). The van der Waals surface area contributed by atoms with E-state index in [-0.39, 0.29) is 18.4 Å². The van der Waals surface area contributed by atoms with Gasteiger partial charge < -0.3 is 15.0 Å². The van der Waals surface area contributed by atoms with Gasteiger partial charge in [-0.25, -0.2) is 0 Å². The topological polar surface area (TPSA) is 74.8 Å². The number of carbonyl (C=O) groups excluding carboxylic acids is 2. The van der Waals surface area contributed by atoms with Gasteiger partial charge in [0.2, 0.25) is 5.91 Å². The molecule has 1 N–H and O–H groups in total. The molecule has 0 aliphatic carbocycles. The number of nitrogens with zero attached hydrogens (tertiary/aromatic N) is 3. The lowest BCUT2D eigenvalue weighted by atomic mass is 10.2.